The number of ether oxygens (including phenoxy) is 1. The number of aromatic nitrogens is 5. The van der Waals surface area contributed by atoms with E-state index < -0.39 is 11.6 Å². The summed E-state index contributed by atoms with van der Waals surface area (Å²) in [6.07, 6.45) is 1.66. The number of H-pyrrole nitrogens is 1. The molecule has 0 aliphatic rings. The summed E-state index contributed by atoms with van der Waals surface area (Å²) in [4.78, 5) is 19.2. The smallest absolute Gasteiger partial charge is 0.253 e. The van der Waals surface area contributed by atoms with Crippen LogP contribution in [0.25, 0.3) is 10.9 Å². The van der Waals surface area contributed by atoms with Gasteiger partial charge in [0.2, 0.25) is 0 Å². The Kier molecular flexibility index (Phi) is 7.10. The van der Waals surface area contributed by atoms with Crippen molar-refractivity contribution in [3.63, 3.8) is 0 Å². The van der Waals surface area contributed by atoms with Gasteiger partial charge < -0.3 is 14.1 Å². The fourth-order valence-corrected chi connectivity index (χ4v) is 4.89. The molecule has 5 rings (SSSR count). The molecule has 39 heavy (non-hydrogen) atoms. The lowest BCUT2D eigenvalue weighted by molar-refractivity contribution is 0.171. The van der Waals surface area contributed by atoms with Crippen LogP contribution in [0.3, 0.4) is 0 Å². The first-order valence-corrected chi connectivity index (χ1v) is 13.0. The summed E-state index contributed by atoms with van der Waals surface area (Å²) in [6, 6.07) is 17.2. The van der Waals surface area contributed by atoms with Crippen LogP contribution in [0.5, 0.6) is 5.75 Å². The third kappa shape index (κ3) is 5.35. The largest absolute Gasteiger partial charge is 0.497 e. The van der Waals surface area contributed by atoms with Crippen LogP contribution < -0.4 is 10.3 Å². The van der Waals surface area contributed by atoms with E-state index in [1.807, 2.05) is 83.1 Å². The lowest BCUT2D eigenvalue weighted by Crippen LogP contribution is -2.37. The maximum Gasteiger partial charge on any atom is 0.253 e. The summed E-state index contributed by atoms with van der Waals surface area (Å²) in [6.45, 7) is 11.1. The number of aromatic amines is 1. The van der Waals surface area contributed by atoms with Crippen molar-refractivity contribution < 1.29 is 9.15 Å². The van der Waals surface area contributed by atoms with E-state index in [0.717, 1.165) is 39.1 Å². The van der Waals surface area contributed by atoms with Crippen molar-refractivity contribution in [1.29, 1.82) is 0 Å². The molecule has 0 spiro atoms. The van der Waals surface area contributed by atoms with Crippen molar-refractivity contribution in [2.24, 2.45) is 0 Å². The molecule has 0 saturated heterocycles. The molecule has 0 saturated carbocycles. The maximum absolute atomic E-state index is 13.8. The summed E-state index contributed by atoms with van der Waals surface area (Å²) >= 11 is 0. The fourth-order valence-electron chi connectivity index (χ4n) is 4.89. The summed E-state index contributed by atoms with van der Waals surface area (Å²) < 4.78 is 12.9. The molecule has 0 fully saturated rings. The van der Waals surface area contributed by atoms with Gasteiger partial charge >= 0.3 is 0 Å². The zero-order chi connectivity index (χ0) is 27.7. The number of pyridine rings is 1. The minimum absolute atomic E-state index is 0.177. The summed E-state index contributed by atoms with van der Waals surface area (Å²) in [5, 5.41) is 13.8. The topological polar surface area (TPSA) is 102 Å². The minimum Gasteiger partial charge on any atom is -0.497 e. The predicted octanol–water partition coefficient (Wildman–Crippen LogP) is 5.28. The van der Waals surface area contributed by atoms with Gasteiger partial charge in [-0.3, -0.25) is 9.69 Å². The lowest BCUT2D eigenvalue weighted by atomic mass is 9.99. The molecule has 0 amide bonds. The summed E-state index contributed by atoms with van der Waals surface area (Å²) in [5.41, 5.74) is 4.03. The highest BCUT2D eigenvalue weighted by Crippen LogP contribution is 2.33. The van der Waals surface area contributed by atoms with Crippen LogP contribution in [-0.2, 0) is 18.6 Å². The van der Waals surface area contributed by atoms with Gasteiger partial charge in [0.1, 0.15) is 17.6 Å². The Hall–Kier alpha value is -4.24. The summed E-state index contributed by atoms with van der Waals surface area (Å²) in [7, 11) is 1.65. The first-order chi connectivity index (χ1) is 18.7. The van der Waals surface area contributed by atoms with E-state index in [1.54, 1.807) is 18.1 Å². The Balaban J connectivity index is 1.72. The number of nitrogens with one attached hydrogen (secondary N) is 1. The third-order valence-corrected chi connectivity index (χ3v) is 7.10. The van der Waals surface area contributed by atoms with Gasteiger partial charge in [0.05, 0.1) is 31.0 Å². The minimum atomic E-state index is -0.568. The molecule has 202 valence electrons. The number of tetrazole rings is 1. The molecule has 5 aromatic rings. The quantitative estimate of drug-likeness (QED) is 0.293. The van der Waals surface area contributed by atoms with Gasteiger partial charge in [-0.2, -0.15) is 0 Å². The van der Waals surface area contributed by atoms with E-state index in [9.17, 15) is 4.79 Å². The molecular weight excluding hydrogens is 492 g/mol. The first kappa shape index (κ1) is 26.4. The maximum atomic E-state index is 13.8. The molecule has 1 N–H and O–H groups in total. The SMILES string of the molecule is COc1ccc(CN(Cc2ccco2)C(c2cc3ccc(C)c(C)c3[nH]c2=O)c2nnnn2C(C)(C)C)cc1. The zero-order valence-corrected chi connectivity index (χ0v) is 23.2. The Labute approximate surface area is 227 Å². The Bertz CT molecular complexity index is 1630. The summed E-state index contributed by atoms with van der Waals surface area (Å²) in [5.74, 6) is 2.13. The molecule has 9 heteroatoms. The van der Waals surface area contributed by atoms with E-state index in [4.69, 9.17) is 9.15 Å². The number of hydrogen-bond donors (Lipinski definition) is 1. The molecule has 0 aliphatic heterocycles. The Morgan fingerprint density at radius 1 is 1.08 bits per heavy atom. The Morgan fingerprint density at radius 3 is 2.51 bits per heavy atom. The number of fused-ring (bicyclic) bond motifs is 1. The number of hydrogen-bond acceptors (Lipinski definition) is 7. The Morgan fingerprint density at radius 2 is 1.85 bits per heavy atom. The van der Waals surface area contributed by atoms with Gasteiger partial charge in [-0.25, -0.2) is 4.68 Å². The van der Waals surface area contributed by atoms with Crippen LogP contribution in [-0.4, -0.2) is 37.2 Å². The van der Waals surface area contributed by atoms with Crippen LogP contribution in [0.4, 0.5) is 0 Å². The van der Waals surface area contributed by atoms with Crippen molar-refractivity contribution >= 4 is 10.9 Å². The number of methoxy groups -OCH3 is 1. The van der Waals surface area contributed by atoms with E-state index in [0.29, 0.717) is 24.5 Å². The number of furan rings is 1. The third-order valence-electron chi connectivity index (χ3n) is 7.10. The predicted molar refractivity (Wildman–Crippen MR) is 150 cm³/mol. The van der Waals surface area contributed by atoms with Crippen LogP contribution in [0.2, 0.25) is 0 Å². The van der Waals surface area contributed by atoms with E-state index in [-0.39, 0.29) is 5.56 Å². The van der Waals surface area contributed by atoms with Crippen LogP contribution in [0.15, 0.2) is 70.1 Å². The monoisotopic (exact) mass is 526 g/mol. The van der Waals surface area contributed by atoms with Gasteiger partial charge in [0.25, 0.3) is 5.56 Å². The normalized spacial score (nSPS) is 12.8. The lowest BCUT2D eigenvalue weighted by Gasteiger charge is -2.32. The highest BCUT2D eigenvalue weighted by Gasteiger charge is 2.34. The molecule has 1 unspecified atom stereocenters. The van der Waals surface area contributed by atoms with Gasteiger partial charge in [0, 0.05) is 12.1 Å². The van der Waals surface area contributed by atoms with Crippen LogP contribution in [0, 0.1) is 13.8 Å². The van der Waals surface area contributed by atoms with Crippen molar-refractivity contribution in [2.75, 3.05) is 7.11 Å². The average molecular weight is 527 g/mol. The second kappa shape index (κ2) is 10.5. The average Bonchev–Trinajstić information content (AvgIpc) is 3.60. The first-order valence-electron chi connectivity index (χ1n) is 13.0. The fraction of sp³-hybridized carbons (Fsp3) is 0.333. The van der Waals surface area contributed by atoms with Crippen molar-refractivity contribution in [3.05, 3.63) is 105 Å². The van der Waals surface area contributed by atoms with Crippen LogP contribution in [0.1, 0.15) is 60.7 Å². The van der Waals surface area contributed by atoms with Gasteiger partial charge in [0.15, 0.2) is 5.82 Å². The van der Waals surface area contributed by atoms with Gasteiger partial charge in [-0.05, 0) is 97.5 Å². The van der Waals surface area contributed by atoms with Crippen molar-refractivity contribution in [2.45, 2.75) is 59.3 Å². The molecule has 3 aromatic heterocycles. The number of aryl methyl sites for hydroxylation is 2. The molecule has 2 aromatic carbocycles. The number of nitrogens with zero attached hydrogens (tertiary/aromatic N) is 5. The standard InChI is InChI=1S/C30H34N6O3/c1-19-9-12-22-16-25(29(37)31-26(22)20(19)2)27(28-32-33-34-36(28)30(3,4)5)35(18-24-8-7-15-39-24)17-21-10-13-23(38-6)14-11-21/h7-16,27H,17-18H2,1-6H3,(H,31,37). The van der Waals surface area contributed by atoms with Crippen molar-refractivity contribution in [3.8, 4) is 5.75 Å². The van der Waals surface area contributed by atoms with Crippen LogP contribution >= 0.6 is 0 Å². The highest BCUT2D eigenvalue weighted by atomic mass is 16.5. The second-order valence-electron chi connectivity index (χ2n) is 10.9. The molecule has 0 aliphatic carbocycles. The van der Waals surface area contributed by atoms with Crippen molar-refractivity contribution in [1.82, 2.24) is 30.1 Å². The van der Waals surface area contributed by atoms with E-state index >= 15 is 0 Å². The van der Waals surface area contributed by atoms with E-state index in [2.05, 4.69) is 31.5 Å². The number of rotatable bonds is 8. The number of benzene rings is 2. The molecule has 9 nitrogen and oxygen atoms in total. The molecule has 1 atom stereocenters. The van der Waals surface area contributed by atoms with Gasteiger partial charge in [-0.1, -0.05) is 24.3 Å². The van der Waals surface area contributed by atoms with E-state index in [1.165, 1.54) is 0 Å². The molecule has 0 bridgehead atoms. The highest BCUT2D eigenvalue weighted by molar-refractivity contribution is 5.83. The molecular formula is C30H34N6O3. The molecule has 3 heterocycles. The zero-order valence-electron chi connectivity index (χ0n) is 23.2. The second-order valence-corrected chi connectivity index (χ2v) is 10.9. The molecule has 0 radical (unpaired) electrons. The van der Waals surface area contributed by atoms with Gasteiger partial charge in [-0.15, -0.1) is 5.10 Å².